The fraction of sp³-hybridized carbons (Fsp3) is 0.833. The summed E-state index contributed by atoms with van der Waals surface area (Å²) in [5, 5.41) is 7.69. The Labute approximate surface area is 67.3 Å². The summed E-state index contributed by atoms with van der Waals surface area (Å²) in [6, 6.07) is 1.71. The fourth-order valence-electron chi connectivity index (χ4n) is 0.495. The Hall–Kier alpha value is -0.600. The number of hydrogen-bond acceptors (Lipinski definition) is 3. The summed E-state index contributed by atoms with van der Waals surface area (Å²) in [4.78, 5) is 0. The quantitative estimate of drug-likeness (QED) is 0.623. The van der Waals surface area contributed by atoms with Crippen LogP contribution in [0.5, 0.6) is 0 Å². The van der Waals surface area contributed by atoms with Crippen LogP contribution in [0, 0.1) is 11.3 Å². The molecule has 0 aliphatic rings. The van der Waals surface area contributed by atoms with E-state index in [0.717, 1.165) is 0 Å². The predicted octanol–water partition coefficient (Wildman–Crippen LogP) is 0.228. The van der Waals surface area contributed by atoms with Crippen LogP contribution in [0.1, 0.15) is 20.3 Å². The van der Waals surface area contributed by atoms with Crippen molar-refractivity contribution in [1.82, 2.24) is 4.72 Å². The molecule has 0 saturated carbocycles. The first kappa shape index (κ1) is 10.4. The zero-order valence-corrected chi connectivity index (χ0v) is 7.48. The molecule has 0 aromatic carbocycles. The molecule has 0 aliphatic carbocycles. The molecule has 1 atom stereocenters. The second-order valence-corrected chi connectivity index (χ2v) is 4.43. The lowest BCUT2D eigenvalue weighted by molar-refractivity contribution is 0.570. The first-order valence-corrected chi connectivity index (χ1v) is 4.94. The second kappa shape index (κ2) is 4.31. The number of hydrogen-bond donors (Lipinski definition) is 1. The van der Waals surface area contributed by atoms with Crippen molar-refractivity contribution in [2.24, 2.45) is 0 Å². The zero-order valence-electron chi connectivity index (χ0n) is 6.66. The molecule has 0 aliphatic heterocycles. The summed E-state index contributed by atoms with van der Waals surface area (Å²) in [6.07, 6.45) is 0.556. The van der Waals surface area contributed by atoms with Crippen molar-refractivity contribution in [2.45, 2.75) is 25.5 Å². The number of nitrogens with one attached hydrogen (secondary N) is 1. The van der Waals surface area contributed by atoms with Gasteiger partial charge in [0.25, 0.3) is 0 Å². The minimum Gasteiger partial charge on any atom is -0.212 e. The third kappa shape index (κ3) is 3.35. The Bertz CT molecular complexity index is 240. The maximum Gasteiger partial charge on any atom is 0.215 e. The van der Waals surface area contributed by atoms with Crippen LogP contribution in [-0.2, 0) is 10.0 Å². The van der Waals surface area contributed by atoms with Crippen molar-refractivity contribution < 1.29 is 8.42 Å². The molecular formula is C6H12N2O2S. The van der Waals surface area contributed by atoms with Crippen molar-refractivity contribution in [2.75, 3.05) is 6.54 Å². The van der Waals surface area contributed by atoms with Gasteiger partial charge in [-0.2, -0.15) is 5.26 Å². The van der Waals surface area contributed by atoms with Crippen LogP contribution in [0.3, 0.4) is 0 Å². The summed E-state index contributed by atoms with van der Waals surface area (Å²) in [7, 11) is -3.25. The first-order valence-electron chi connectivity index (χ1n) is 3.40. The van der Waals surface area contributed by atoms with E-state index in [9.17, 15) is 8.42 Å². The van der Waals surface area contributed by atoms with Gasteiger partial charge in [-0.15, -0.1) is 0 Å². The van der Waals surface area contributed by atoms with Gasteiger partial charge in [0, 0.05) is 0 Å². The normalized spacial score (nSPS) is 13.9. The van der Waals surface area contributed by atoms with Crippen molar-refractivity contribution >= 4 is 10.0 Å². The van der Waals surface area contributed by atoms with E-state index in [1.807, 2.05) is 0 Å². The number of sulfonamides is 1. The maximum atomic E-state index is 11.1. The van der Waals surface area contributed by atoms with E-state index in [-0.39, 0.29) is 6.54 Å². The van der Waals surface area contributed by atoms with E-state index in [0.29, 0.717) is 6.42 Å². The SMILES string of the molecule is CCC(C)S(=O)(=O)NCC#N. The van der Waals surface area contributed by atoms with Crippen molar-refractivity contribution in [3.8, 4) is 6.07 Å². The molecule has 4 nitrogen and oxygen atoms in total. The highest BCUT2D eigenvalue weighted by Crippen LogP contribution is 2.01. The molecular weight excluding hydrogens is 164 g/mol. The number of nitrogens with zero attached hydrogens (tertiary/aromatic N) is 1. The topological polar surface area (TPSA) is 70.0 Å². The van der Waals surface area contributed by atoms with Gasteiger partial charge >= 0.3 is 0 Å². The van der Waals surface area contributed by atoms with Crippen LogP contribution in [0.2, 0.25) is 0 Å². The van der Waals surface area contributed by atoms with Crippen LogP contribution >= 0.6 is 0 Å². The lowest BCUT2D eigenvalue weighted by atomic mass is 10.4. The summed E-state index contributed by atoms with van der Waals surface area (Å²) in [6.45, 7) is 3.25. The molecule has 64 valence electrons. The summed E-state index contributed by atoms with van der Waals surface area (Å²) < 4.78 is 24.3. The molecule has 1 unspecified atom stereocenters. The van der Waals surface area contributed by atoms with E-state index in [2.05, 4.69) is 4.72 Å². The fourth-order valence-corrected chi connectivity index (χ4v) is 1.48. The van der Waals surface area contributed by atoms with Crippen molar-refractivity contribution in [1.29, 1.82) is 5.26 Å². The summed E-state index contributed by atoms with van der Waals surface area (Å²) in [5.74, 6) is 0. The lowest BCUT2D eigenvalue weighted by Gasteiger charge is -2.08. The Balaban J connectivity index is 4.14. The van der Waals surface area contributed by atoms with E-state index in [4.69, 9.17) is 5.26 Å². The summed E-state index contributed by atoms with van der Waals surface area (Å²) >= 11 is 0. The Morgan fingerprint density at radius 1 is 1.64 bits per heavy atom. The third-order valence-electron chi connectivity index (χ3n) is 1.46. The lowest BCUT2D eigenvalue weighted by Crippen LogP contribution is -2.32. The molecule has 0 heterocycles. The Kier molecular flexibility index (Phi) is 4.08. The minimum atomic E-state index is -3.25. The van der Waals surface area contributed by atoms with Gasteiger partial charge in [0.2, 0.25) is 10.0 Å². The molecule has 5 heteroatoms. The molecule has 11 heavy (non-hydrogen) atoms. The molecule has 0 fully saturated rings. The molecule has 0 rings (SSSR count). The zero-order chi connectivity index (χ0) is 8.91. The molecule has 0 radical (unpaired) electrons. The molecule has 0 saturated heterocycles. The first-order chi connectivity index (χ1) is 5.04. The van der Waals surface area contributed by atoms with Crippen LogP contribution in [0.15, 0.2) is 0 Å². The Morgan fingerprint density at radius 2 is 2.18 bits per heavy atom. The average Bonchev–Trinajstić information content (AvgIpc) is 1.99. The standard InChI is InChI=1S/C6H12N2O2S/c1-3-6(2)11(9,10)8-5-4-7/h6,8H,3,5H2,1-2H3. The average molecular weight is 176 g/mol. The minimum absolute atomic E-state index is 0.146. The van der Waals surface area contributed by atoms with E-state index < -0.39 is 15.3 Å². The molecule has 0 spiro atoms. The van der Waals surface area contributed by atoms with Gasteiger partial charge in [-0.05, 0) is 13.3 Å². The monoisotopic (exact) mass is 176 g/mol. The van der Waals surface area contributed by atoms with Crippen LogP contribution in [0.25, 0.3) is 0 Å². The molecule has 0 bridgehead atoms. The highest BCUT2D eigenvalue weighted by Gasteiger charge is 2.16. The predicted molar refractivity (Wildman–Crippen MR) is 42.3 cm³/mol. The molecule has 0 aromatic rings. The van der Waals surface area contributed by atoms with Gasteiger partial charge < -0.3 is 0 Å². The van der Waals surface area contributed by atoms with Crippen molar-refractivity contribution in [3.05, 3.63) is 0 Å². The van der Waals surface area contributed by atoms with Crippen LogP contribution < -0.4 is 4.72 Å². The van der Waals surface area contributed by atoms with Gasteiger partial charge in [0.05, 0.1) is 17.9 Å². The number of rotatable bonds is 4. The number of nitriles is 1. The smallest absolute Gasteiger partial charge is 0.212 e. The van der Waals surface area contributed by atoms with Crippen LogP contribution in [-0.4, -0.2) is 20.2 Å². The van der Waals surface area contributed by atoms with Gasteiger partial charge in [-0.3, -0.25) is 0 Å². The van der Waals surface area contributed by atoms with E-state index in [1.54, 1.807) is 19.9 Å². The highest BCUT2D eigenvalue weighted by molar-refractivity contribution is 7.90. The van der Waals surface area contributed by atoms with Gasteiger partial charge in [-0.1, -0.05) is 6.92 Å². The van der Waals surface area contributed by atoms with Gasteiger partial charge in [-0.25, -0.2) is 13.1 Å². The second-order valence-electron chi connectivity index (χ2n) is 2.24. The molecule has 1 N–H and O–H groups in total. The largest absolute Gasteiger partial charge is 0.215 e. The molecule has 0 aromatic heterocycles. The van der Waals surface area contributed by atoms with Crippen molar-refractivity contribution in [3.63, 3.8) is 0 Å². The van der Waals surface area contributed by atoms with Gasteiger partial charge in [0.1, 0.15) is 0 Å². The third-order valence-corrected chi connectivity index (χ3v) is 3.40. The van der Waals surface area contributed by atoms with E-state index >= 15 is 0 Å². The Morgan fingerprint density at radius 3 is 2.55 bits per heavy atom. The van der Waals surface area contributed by atoms with Crippen LogP contribution in [0.4, 0.5) is 0 Å². The maximum absolute atomic E-state index is 11.1. The van der Waals surface area contributed by atoms with Gasteiger partial charge in [0.15, 0.2) is 0 Å². The highest BCUT2D eigenvalue weighted by atomic mass is 32.2. The van der Waals surface area contributed by atoms with E-state index in [1.165, 1.54) is 0 Å². The summed E-state index contributed by atoms with van der Waals surface area (Å²) in [5.41, 5.74) is 0. The molecule has 0 amide bonds.